The number of benzene rings is 2. The fraction of sp³-hybridized carbons (Fsp3) is 0.200. The van der Waals surface area contributed by atoms with Crippen molar-refractivity contribution in [1.82, 2.24) is 10.3 Å². The molecule has 0 aliphatic rings. The summed E-state index contributed by atoms with van der Waals surface area (Å²) in [6.07, 6.45) is 0.806. The van der Waals surface area contributed by atoms with E-state index in [0.29, 0.717) is 11.7 Å². The molecule has 3 rings (SSSR count). The van der Waals surface area contributed by atoms with Crippen molar-refractivity contribution < 1.29 is 4.79 Å². The Kier molecular flexibility index (Phi) is 5.46. The number of hydrogen-bond donors (Lipinski definition) is 2. The molecular formula is C20H21N3OS. The zero-order chi connectivity index (χ0) is 17.6. The molecule has 0 fully saturated rings. The van der Waals surface area contributed by atoms with E-state index in [1.807, 2.05) is 23.6 Å². The third-order valence-electron chi connectivity index (χ3n) is 4.07. The third-order valence-corrected chi connectivity index (χ3v) is 4.83. The van der Waals surface area contributed by atoms with E-state index in [4.69, 9.17) is 0 Å². The van der Waals surface area contributed by atoms with Crippen LogP contribution in [0.1, 0.15) is 16.7 Å². The number of aryl methyl sites for hydroxylation is 2. The van der Waals surface area contributed by atoms with Crippen LogP contribution >= 0.6 is 11.3 Å². The molecule has 0 saturated carbocycles. The zero-order valence-corrected chi connectivity index (χ0v) is 15.2. The lowest BCUT2D eigenvalue weighted by Gasteiger charge is -2.05. The molecule has 5 heteroatoms. The Morgan fingerprint density at radius 3 is 2.64 bits per heavy atom. The minimum absolute atomic E-state index is 0.225. The Bertz CT molecular complexity index is 858. The highest BCUT2D eigenvalue weighted by Gasteiger charge is 2.08. The number of carbonyl (C=O) groups excluding carboxylic acids is 1. The Hall–Kier alpha value is -2.66. The molecule has 25 heavy (non-hydrogen) atoms. The Morgan fingerprint density at radius 2 is 1.88 bits per heavy atom. The Labute approximate surface area is 151 Å². The number of nitrogens with one attached hydrogen (secondary N) is 2. The fourth-order valence-electron chi connectivity index (χ4n) is 2.47. The number of rotatable bonds is 5. The van der Waals surface area contributed by atoms with E-state index < -0.39 is 0 Å². The van der Waals surface area contributed by atoms with Crippen molar-refractivity contribution in [3.63, 3.8) is 0 Å². The second kappa shape index (κ2) is 7.94. The summed E-state index contributed by atoms with van der Waals surface area (Å²) in [4.78, 5) is 16.5. The summed E-state index contributed by atoms with van der Waals surface area (Å²) in [6, 6.07) is 16.1. The van der Waals surface area contributed by atoms with E-state index in [1.54, 1.807) is 0 Å². The molecule has 0 saturated heterocycles. The zero-order valence-electron chi connectivity index (χ0n) is 14.4. The first-order valence-electron chi connectivity index (χ1n) is 8.24. The summed E-state index contributed by atoms with van der Waals surface area (Å²) in [5.41, 5.74) is 5.65. The average molecular weight is 351 g/mol. The predicted molar refractivity (Wildman–Crippen MR) is 104 cm³/mol. The minimum Gasteiger partial charge on any atom is -0.337 e. The third kappa shape index (κ3) is 4.67. The molecule has 0 bridgehead atoms. The van der Waals surface area contributed by atoms with Crippen LogP contribution in [0.2, 0.25) is 0 Å². The molecule has 1 aromatic heterocycles. The van der Waals surface area contributed by atoms with Gasteiger partial charge in [-0.2, -0.15) is 0 Å². The van der Waals surface area contributed by atoms with Gasteiger partial charge in [-0.25, -0.2) is 9.78 Å². The van der Waals surface area contributed by atoms with E-state index in [2.05, 4.69) is 59.8 Å². The van der Waals surface area contributed by atoms with Crippen LogP contribution in [0.5, 0.6) is 0 Å². The quantitative estimate of drug-likeness (QED) is 0.694. The SMILES string of the molecule is Cc1ccc(-c2csc(NC(=O)NCCc3ccccc3)n2)cc1C. The van der Waals surface area contributed by atoms with Crippen LogP contribution in [0.4, 0.5) is 9.93 Å². The van der Waals surface area contributed by atoms with Gasteiger partial charge < -0.3 is 5.32 Å². The van der Waals surface area contributed by atoms with Gasteiger partial charge in [0.05, 0.1) is 5.69 Å². The molecule has 4 nitrogen and oxygen atoms in total. The Morgan fingerprint density at radius 1 is 1.08 bits per heavy atom. The van der Waals surface area contributed by atoms with E-state index in [-0.39, 0.29) is 6.03 Å². The monoisotopic (exact) mass is 351 g/mol. The average Bonchev–Trinajstić information content (AvgIpc) is 3.06. The van der Waals surface area contributed by atoms with Crippen LogP contribution in [-0.2, 0) is 6.42 Å². The van der Waals surface area contributed by atoms with Gasteiger partial charge in [0.1, 0.15) is 0 Å². The number of aromatic nitrogens is 1. The molecular weight excluding hydrogens is 330 g/mol. The van der Waals surface area contributed by atoms with Gasteiger partial charge in [-0.3, -0.25) is 5.32 Å². The van der Waals surface area contributed by atoms with Crippen molar-refractivity contribution in [2.24, 2.45) is 0 Å². The first-order valence-corrected chi connectivity index (χ1v) is 9.12. The van der Waals surface area contributed by atoms with Gasteiger partial charge in [0.15, 0.2) is 5.13 Å². The summed E-state index contributed by atoms with van der Waals surface area (Å²) >= 11 is 1.43. The van der Waals surface area contributed by atoms with Gasteiger partial charge in [0, 0.05) is 17.5 Å². The van der Waals surface area contributed by atoms with Crippen molar-refractivity contribution in [3.8, 4) is 11.3 Å². The summed E-state index contributed by atoms with van der Waals surface area (Å²) in [7, 11) is 0. The standard InChI is InChI=1S/C20H21N3OS/c1-14-8-9-17(12-15(14)2)18-13-25-20(22-18)23-19(24)21-11-10-16-6-4-3-5-7-16/h3-9,12-13H,10-11H2,1-2H3,(H2,21,22,23,24). The second-order valence-corrected chi connectivity index (χ2v) is 6.81. The van der Waals surface area contributed by atoms with E-state index in [9.17, 15) is 4.79 Å². The van der Waals surface area contributed by atoms with Gasteiger partial charge in [-0.05, 0) is 43.0 Å². The van der Waals surface area contributed by atoms with Crippen molar-refractivity contribution in [2.75, 3.05) is 11.9 Å². The first kappa shape index (κ1) is 17.2. The van der Waals surface area contributed by atoms with Crippen LogP contribution in [0.25, 0.3) is 11.3 Å². The molecule has 0 aliphatic carbocycles. The van der Waals surface area contributed by atoms with Crippen LogP contribution in [0, 0.1) is 13.8 Å². The molecule has 0 spiro atoms. The molecule has 2 aromatic carbocycles. The smallest absolute Gasteiger partial charge is 0.321 e. The number of hydrogen-bond acceptors (Lipinski definition) is 3. The van der Waals surface area contributed by atoms with Crippen molar-refractivity contribution in [3.05, 3.63) is 70.6 Å². The van der Waals surface area contributed by atoms with Gasteiger partial charge in [-0.1, -0.05) is 42.5 Å². The van der Waals surface area contributed by atoms with Crippen LogP contribution in [0.3, 0.4) is 0 Å². The number of carbonyl (C=O) groups is 1. The number of amides is 2. The van der Waals surface area contributed by atoms with Crippen molar-refractivity contribution in [1.29, 1.82) is 0 Å². The highest BCUT2D eigenvalue weighted by atomic mass is 32.1. The highest BCUT2D eigenvalue weighted by molar-refractivity contribution is 7.14. The van der Waals surface area contributed by atoms with Gasteiger partial charge in [-0.15, -0.1) is 11.3 Å². The maximum absolute atomic E-state index is 12.0. The molecule has 0 unspecified atom stereocenters. The molecule has 0 radical (unpaired) electrons. The molecule has 1 heterocycles. The summed E-state index contributed by atoms with van der Waals surface area (Å²) in [6.45, 7) is 4.77. The van der Waals surface area contributed by atoms with E-state index in [1.165, 1.54) is 28.0 Å². The maximum atomic E-state index is 12.0. The van der Waals surface area contributed by atoms with Crippen LogP contribution in [-0.4, -0.2) is 17.6 Å². The molecule has 3 aromatic rings. The largest absolute Gasteiger partial charge is 0.337 e. The highest BCUT2D eigenvalue weighted by Crippen LogP contribution is 2.26. The fourth-order valence-corrected chi connectivity index (χ4v) is 3.19. The van der Waals surface area contributed by atoms with E-state index >= 15 is 0 Å². The summed E-state index contributed by atoms with van der Waals surface area (Å²) < 4.78 is 0. The molecule has 0 atom stereocenters. The lowest BCUT2D eigenvalue weighted by molar-refractivity contribution is 0.252. The number of anilines is 1. The molecule has 0 aliphatic heterocycles. The molecule has 128 valence electrons. The Balaban J connectivity index is 1.54. The molecule has 2 N–H and O–H groups in total. The van der Waals surface area contributed by atoms with Crippen molar-refractivity contribution >= 4 is 22.5 Å². The number of urea groups is 1. The normalized spacial score (nSPS) is 10.5. The minimum atomic E-state index is -0.225. The van der Waals surface area contributed by atoms with Gasteiger partial charge >= 0.3 is 6.03 Å². The van der Waals surface area contributed by atoms with Crippen molar-refractivity contribution in [2.45, 2.75) is 20.3 Å². The second-order valence-electron chi connectivity index (χ2n) is 5.95. The lowest BCUT2D eigenvalue weighted by atomic mass is 10.1. The van der Waals surface area contributed by atoms with Gasteiger partial charge in [0.2, 0.25) is 0 Å². The van der Waals surface area contributed by atoms with Gasteiger partial charge in [0.25, 0.3) is 0 Å². The number of nitrogens with zero attached hydrogens (tertiary/aromatic N) is 1. The summed E-state index contributed by atoms with van der Waals surface area (Å²) in [5.74, 6) is 0. The van der Waals surface area contributed by atoms with Crippen LogP contribution < -0.4 is 10.6 Å². The molecule has 2 amide bonds. The van der Waals surface area contributed by atoms with E-state index in [0.717, 1.165) is 17.7 Å². The summed E-state index contributed by atoms with van der Waals surface area (Å²) in [5, 5.41) is 8.23. The topological polar surface area (TPSA) is 54.0 Å². The van der Waals surface area contributed by atoms with Crippen LogP contribution in [0.15, 0.2) is 53.9 Å². The maximum Gasteiger partial charge on any atom is 0.321 e. The first-order chi connectivity index (χ1) is 12.1. The lowest BCUT2D eigenvalue weighted by Crippen LogP contribution is -2.30. The number of thiazole rings is 1. The predicted octanol–water partition coefficient (Wildman–Crippen LogP) is 4.79.